The Morgan fingerprint density at radius 2 is 1.64 bits per heavy atom. The SMILES string of the molecule is CCOC(=O)N1CCN(C(=O)c2ccc3c(c2)CCCN3S(=O)(=O)c2ccc(Cl)cc2)CC1. The van der Waals surface area contributed by atoms with Crippen molar-refractivity contribution in [2.45, 2.75) is 24.7 Å². The van der Waals surface area contributed by atoms with Crippen LogP contribution in [0.25, 0.3) is 0 Å². The van der Waals surface area contributed by atoms with E-state index in [1.54, 1.807) is 47.1 Å². The number of aryl methyl sites for hydroxylation is 1. The number of ether oxygens (including phenoxy) is 1. The van der Waals surface area contributed by atoms with Crippen LogP contribution in [0.5, 0.6) is 0 Å². The molecule has 33 heavy (non-hydrogen) atoms. The lowest BCUT2D eigenvalue weighted by Crippen LogP contribution is -2.50. The Labute approximate surface area is 198 Å². The molecule has 0 saturated carbocycles. The first-order chi connectivity index (χ1) is 15.8. The Morgan fingerprint density at radius 3 is 2.30 bits per heavy atom. The number of sulfonamides is 1. The van der Waals surface area contributed by atoms with Crippen molar-refractivity contribution in [3.8, 4) is 0 Å². The summed E-state index contributed by atoms with van der Waals surface area (Å²) in [5.74, 6) is -0.126. The van der Waals surface area contributed by atoms with E-state index in [-0.39, 0.29) is 16.9 Å². The van der Waals surface area contributed by atoms with Gasteiger partial charge in [-0.1, -0.05) is 11.6 Å². The summed E-state index contributed by atoms with van der Waals surface area (Å²) in [6.45, 7) is 4.14. The zero-order valence-corrected chi connectivity index (χ0v) is 19.9. The van der Waals surface area contributed by atoms with E-state index >= 15 is 0 Å². The number of hydrogen-bond donors (Lipinski definition) is 0. The zero-order chi connectivity index (χ0) is 23.6. The summed E-state index contributed by atoms with van der Waals surface area (Å²) < 4.78 is 32.9. The van der Waals surface area contributed by atoms with E-state index in [2.05, 4.69) is 0 Å². The fourth-order valence-corrected chi connectivity index (χ4v) is 5.84. The van der Waals surface area contributed by atoms with E-state index in [0.717, 1.165) is 5.56 Å². The van der Waals surface area contributed by atoms with Crippen LogP contribution in [-0.4, -0.2) is 69.5 Å². The minimum absolute atomic E-state index is 0.126. The summed E-state index contributed by atoms with van der Waals surface area (Å²) in [5, 5.41) is 0.472. The lowest BCUT2D eigenvalue weighted by molar-refractivity contribution is 0.0570. The second-order valence-electron chi connectivity index (χ2n) is 7.96. The predicted molar refractivity (Wildman–Crippen MR) is 125 cm³/mol. The van der Waals surface area contributed by atoms with Crippen LogP contribution in [0.1, 0.15) is 29.3 Å². The molecule has 2 aromatic rings. The number of benzene rings is 2. The number of anilines is 1. The standard InChI is InChI=1S/C23H26ClN3O5S/c1-2-32-23(29)26-14-12-25(13-15-26)22(28)18-5-10-21-17(16-18)4-3-11-27(21)33(30,31)20-8-6-19(24)7-9-20/h5-10,16H,2-4,11-15H2,1H3. The molecule has 4 rings (SSSR count). The maximum atomic E-state index is 13.2. The van der Waals surface area contributed by atoms with Gasteiger partial charge in [0.15, 0.2) is 0 Å². The highest BCUT2D eigenvalue weighted by Crippen LogP contribution is 2.33. The first-order valence-corrected chi connectivity index (χ1v) is 12.8. The number of amides is 2. The van der Waals surface area contributed by atoms with Crippen LogP contribution in [0.2, 0.25) is 5.02 Å². The third kappa shape index (κ3) is 4.79. The maximum absolute atomic E-state index is 13.2. The molecule has 0 aromatic heterocycles. The molecule has 0 aliphatic carbocycles. The number of nitrogens with zero attached hydrogens (tertiary/aromatic N) is 3. The van der Waals surface area contributed by atoms with Crippen LogP contribution in [0.4, 0.5) is 10.5 Å². The summed E-state index contributed by atoms with van der Waals surface area (Å²) in [7, 11) is -3.73. The molecular weight excluding hydrogens is 466 g/mol. The number of carbonyl (C=O) groups excluding carboxylic acids is 2. The fraction of sp³-hybridized carbons (Fsp3) is 0.391. The van der Waals surface area contributed by atoms with Gasteiger partial charge in [-0.2, -0.15) is 0 Å². The van der Waals surface area contributed by atoms with Gasteiger partial charge < -0.3 is 14.5 Å². The molecule has 0 atom stereocenters. The van der Waals surface area contributed by atoms with Gasteiger partial charge in [-0.05, 0) is 67.8 Å². The minimum atomic E-state index is -3.73. The molecule has 2 aliphatic rings. The summed E-state index contributed by atoms with van der Waals surface area (Å²) >= 11 is 5.91. The minimum Gasteiger partial charge on any atom is -0.450 e. The molecule has 10 heteroatoms. The molecule has 8 nitrogen and oxygen atoms in total. The van der Waals surface area contributed by atoms with Gasteiger partial charge in [0.05, 0.1) is 17.2 Å². The monoisotopic (exact) mass is 491 g/mol. The third-order valence-corrected chi connectivity index (χ3v) is 7.98. The molecule has 0 radical (unpaired) electrons. The number of hydrogen-bond acceptors (Lipinski definition) is 5. The van der Waals surface area contributed by atoms with Gasteiger partial charge in [-0.25, -0.2) is 13.2 Å². The number of fused-ring (bicyclic) bond motifs is 1. The van der Waals surface area contributed by atoms with Gasteiger partial charge in [-0.15, -0.1) is 0 Å². The topological polar surface area (TPSA) is 87.2 Å². The summed E-state index contributed by atoms with van der Waals surface area (Å²) in [5.41, 5.74) is 1.94. The van der Waals surface area contributed by atoms with Crippen LogP contribution in [0, 0.1) is 0 Å². The highest BCUT2D eigenvalue weighted by Gasteiger charge is 2.31. The van der Waals surface area contributed by atoms with Crippen molar-refractivity contribution in [2.75, 3.05) is 43.6 Å². The second kappa shape index (κ2) is 9.61. The van der Waals surface area contributed by atoms with E-state index in [9.17, 15) is 18.0 Å². The molecule has 0 spiro atoms. The maximum Gasteiger partial charge on any atom is 0.409 e. The Kier molecular flexibility index (Phi) is 6.81. The van der Waals surface area contributed by atoms with Crippen LogP contribution in [0.3, 0.4) is 0 Å². The molecule has 2 aromatic carbocycles. The van der Waals surface area contributed by atoms with Crippen molar-refractivity contribution in [3.63, 3.8) is 0 Å². The van der Waals surface area contributed by atoms with Crippen molar-refractivity contribution in [1.29, 1.82) is 0 Å². The molecule has 176 valence electrons. The van der Waals surface area contributed by atoms with Crippen LogP contribution in [-0.2, 0) is 21.2 Å². The average molecular weight is 492 g/mol. The number of carbonyl (C=O) groups is 2. The van der Waals surface area contributed by atoms with Crippen LogP contribution < -0.4 is 4.31 Å². The van der Waals surface area contributed by atoms with Gasteiger partial charge in [0, 0.05) is 43.3 Å². The molecule has 2 aliphatic heterocycles. The molecule has 0 bridgehead atoms. The largest absolute Gasteiger partial charge is 0.450 e. The Bertz CT molecular complexity index is 1150. The highest BCUT2D eigenvalue weighted by atomic mass is 35.5. The van der Waals surface area contributed by atoms with E-state index in [1.165, 1.54) is 16.4 Å². The van der Waals surface area contributed by atoms with E-state index in [1.807, 2.05) is 0 Å². The van der Waals surface area contributed by atoms with E-state index in [4.69, 9.17) is 16.3 Å². The summed E-state index contributed by atoms with van der Waals surface area (Å²) in [4.78, 5) is 28.4. The van der Waals surface area contributed by atoms with E-state index < -0.39 is 10.0 Å². The van der Waals surface area contributed by atoms with Crippen molar-refractivity contribution in [2.24, 2.45) is 0 Å². The van der Waals surface area contributed by atoms with Gasteiger partial charge in [0.2, 0.25) is 0 Å². The molecule has 0 N–H and O–H groups in total. The predicted octanol–water partition coefficient (Wildman–Crippen LogP) is 3.40. The third-order valence-electron chi connectivity index (χ3n) is 5.90. The number of piperazine rings is 1. The molecule has 0 unspecified atom stereocenters. The van der Waals surface area contributed by atoms with Gasteiger partial charge >= 0.3 is 6.09 Å². The van der Waals surface area contributed by atoms with Gasteiger partial charge in [-0.3, -0.25) is 9.10 Å². The second-order valence-corrected chi connectivity index (χ2v) is 10.3. The molecule has 1 fully saturated rings. The van der Waals surface area contributed by atoms with Gasteiger partial charge in [0.1, 0.15) is 0 Å². The molecule has 1 saturated heterocycles. The number of rotatable bonds is 4. The lowest BCUT2D eigenvalue weighted by Gasteiger charge is -2.34. The average Bonchev–Trinajstić information content (AvgIpc) is 2.83. The zero-order valence-electron chi connectivity index (χ0n) is 18.4. The van der Waals surface area contributed by atoms with Crippen LogP contribution in [0.15, 0.2) is 47.4 Å². The Morgan fingerprint density at radius 1 is 0.970 bits per heavy atom. The normalized spacial score (nSPS) is 16.4. The molecule has 2 heterocycles. The molecular formula is C23H26ClN3O5S. The van der Waals surface area contributed by atoms with Crippen molar-refractivity contribution >= 4 is 39.3 Å². The fourth-order valence-electron chi connectivity index (χ4n) is 4.17. The van der Waals surface area contributed by atoms with E-state index in [0.29, 0.717) is 68.4 Å². The smallest absolute Gasteiger partial charge is 0.409 e. The van der Waals surface area contributed by atoms with Crippen molar-refractivity contribution in [3.05, 3.63) is 58.6 Å². The quantitative estimate of drug-likeness (QED) is 0.654. The number of halogens is 1. The van der Waals surface area contributed by atoms with Gasteiger partial charge in [0.25, 0.3) is 15.9 Å². The summed E-state index contributed by atoms with van der Waals surface area (Å²) in [6, 6.07) is 11.3. The first kappa shape index (κ1) is 23.4. The van der Waals surface area contributed by atoms with Crippen molar-refractivity contribution < 1.29 is 22.7 Å². The Balaban J connectivity index is 1.51. The van der Waals surface area contributed by atoms with Crippen molar-refractivity contribution in [1.82, 2.24) is 9.80 Å². The summed E-state index contributed by atoms with van der Waals surface area (Å²) in [6.07, 6.45) is 0.996. The van der Waals surface area contributed by atoms with Crippen LogP contribution >= 0.6 is 11.6 Å². The first-order valence-electron chi connectivity index (χ1n) is 10.9. The highest BCUT2D eigenvalue weighted by molar-refractivity contribution is 7.92. The molecule has 2 amide bonds. The lowest BCUT2D eigenvalue weighted by atomic mass is 10.00. The Hall–Kier alpha value is -2.78.